The number of carbonyl (C=O) groups is 1. The van der Waals surface area contributed by atoms with Crippen molar-refractivity contribution in [2.75, 3.05) is 5.32 Å². The lowest BCUT2D eigenvalue weighted by Crippen LogP contribution is -2.19. The van der Waals surface area contributed by atoms with Gasteiger partial charge in [-0.05, 0) is 36.4 Å². The summed E-state index contributed by atoms with van der Waals surface area (Å²) < 4.78 is 13.7. The van der Waals surface area contributed by atoms with Gasteiger partial charge in [-0.15, -0.1) is 0 Å². The van der Waals surface area contributed by atoms with E-state index in [4.69, 9.17) is 29.6 Å². The molecular formula is C14H10ClFN2OS. The van der Waals surface area contributed by atoms with E-state index in [1.165, 1.54) is 18.2 Å². The maximum Gasteiger partial charge on any atom is 0.255 e. The van der Waals surface area contributed by atoms with E-state index in [2.05, 4.69) is 5.32 Å². The summed E-state index contributed by atoms with van der Waals surface area (Å²) in [6.07, 6.45) is 0. The minimum absolute atomic E-state index is 0.0183. The number of rotatable bonds is 3. The average Bonchev–Trinajstić information content (AvgIpc) is 2.39. The van der Waals surface area contributed by atoms with Gasteiger partial charge in [0.1, 0.15) is 10.8 Å². The van der Waals surface area contributed by atoms with Gasteiger partial charge in [-0.1, -0.05) is 29.9 Å². The molecule has 6 heteroatoms. The number of anilines is 1. The Morgan fingerprint density at radius 1 is 1.20 bits per heavy atom. The number of halogens is 2. The van der Waals surface area contributed by atoms with Crippen LogP contribution in [-0.4, -0.2) is 10.9 Å². The molecule has 0 aliphatic rings. The second-order valence-corrected chi connectivity index (χ2v) is 4.86. The van der Waals surface area contributed by atoms with E-state index in [9.17, 15) is 9.18 Å². The van der Waals surface area contributed by atoms with Crippen LogP contribution in [0.2, 0.25) is 5.02 Å². The lowest BCUT2D eigenvalue weighted by atomic mass is 10.1. The molecule has 2 rings (SSSR count). The number of nitrogens with one attached hydrogen (secondary N) is 1. The molecule has 3 N–H and O–H groups in total. The van der Waals surface area contributed by atoms with Gasteiger partial charge in [0.15, 0.2) is 0 Å². The summed E-state index contributed by atoms with van der Waals surface area (Å²) in [6, 6.07) is 10.5. The molecule has 2 aromatic rings. The molecule has 20 heavy (non-hydrogen) atoms. The fraction of sp³-hybridized carbons (Fsp3) is 0. The smallest absolute Gasteiger partial charge is 0.255 e. The van der Waals surface area contributed by atoms with Crippen LogP contribution in [0.1, 0.15) is 15.9 Å². The van der Waals surface area contributed by atoms with E-state index < -0.39 is 11.7 Å². The summed E-state index contributed by atoms with van der Waals surface area (Å²) in [6.45, 7) is 0. The Bertz CT molecular complexity index is 673. The first-order chi connectivity index (χ1) is 9.49. The topological polar surface area (TPSA) is 55.1 Å². The van der Waals surface area contributed by atoms with Gasteiger partial charge in [-0.25, -0.2) is 4.39 Å². The Labute approximate surface area is 125 Å². The number of hydrogen-bond donors (Lipinski definition) is 2. The maximum atomic E-state index is 13.7. The van der Waals surface area contributed by atoms with E-state index >= 15 is 0 Å². The van der Waals surface area contributed by atoms with E-state index in [0.717, 1.165) is 0 Å². The van der Waals surface area contributed by atoms with Crippen LogP contribution in [0, 0.1) is 5.82 Å². The Morgan fingerprint density at radius 3 is 2.45 bits per heavy atom. The van der Waals surface area contributed by atoms with Gasteiger partial charge < -0.3 is 11.1 Å². The molecule has 0 unspecified atom stereocenters. The standard InChI is InChI=1S/C14H10ClFN2OS/c15-9-6-4-8(5-7-9)14(19)18-11-3-1-2-10(16)12(11)13(17)20/h1-7H,(H2,17,20)(H,18,19). The van der Waals surface area contributed by atoms with E-state index in [-0.39, 0.29) is 16.2 Å². The average molecular weight is 309 g/mol. The Morgan fingerprint density at radius 2 is 1.85 bits per heavy atom. The number of amides is 1. The van der Waals surface area contributed by atoms with Gasteiger partial charge in [0.2, 0.25) is 0 Å². The summed E-state index contributed by atoms with van der Waals surface area (Å²) in [5, 5.41) is 3.10. The SMILES string of the molecule is NC(=S)c1c(F)cccc1NC(=O)c1ccc(Cl)cc1. The molecule has 0 fully saturated rings. The lowest BCUT2D eigenvalue weighted by molar-refractivity contribution is 0.102. The van der Waals surface area contributed by atoms with Crippen molar-refractivity contribution >= 4 is 40.4 Å². The van der Waals surface area contributed by atoms with Crippen LogP contribution in [0.4, 0.5) is 10.1 Å². The molecule has 0 saturated carbocycles. The number of thiocarbonyl (C=S) groups is 1. The van der Waals surface area contributed by atoms with Crippen molar-refractivity contribution in [1.82, 2.24) is 0 Å². The zero-order chi connectivity index (χ0) is 14.7. The van der Waals surface area contributed by atoms with Gasteiger partial charge in [-0.3, -0.25) is 4.79 Å². The molecule has 0 saturated heterocycles. The second kappa shape index (κ2) is 5.98. The highest BCUT2D eigenvalue weighted by atomic mass is 35.5. The predicted octanol–water partition coefficient (Wildman–Crippen LogP) is 3.37. The normalized spacial score (nSPS) is 10.1. The number of hydrogen-bond acceptors (Lipinski definition) is 2. The van der Waals surface area contributed by atoms with Crippen molar-refractivity contribution in [3.63, 3.8) is 0 Å². The molecule has 0 radical (unpaired) electrons. The molecule has 2 aromatic carbocycles. The lowest BCUT2D eigenvalue weighted by Gasteiger charge is -2.11. The molecule has 0 aromatic heterocycles. The van der Waals surface area contributed by atoms with Crippen molar-refractivity contribution in [2.45, 2.75) is 0 Å². The number of carbonyl (C=O) groups excluding carboxylic acids is 1. The largest absolute Gasteiger partial charge is 0.389 e. The summed E-state index contributed by atoms with van der Waals surface area (Å²) in [7, 11) is 0. The highest BCUT2D eigenvalue weighted by Crippen LogP contribution is 2.20. The van der Waals surface area contributed by atoms with E-state index in [1.54, 1.807) is 24.3 Å². The van der Waals surface area contributed by atoms with E-state index in [1.807, 2.05) is 0 Å². The molecule has 1 amide bonds. The molecule has 0 bridgehead atoms. The van der Waals surface area contributed by atoms with Crippen LogP contribution in [-0.2, 0) is 0 Å². The third-order valence-electron chi connectivity index (χ3n) is 2.61. The van der Waals surface area contributed by atoms with Crippen LogP contribution in [0.3, 0.4) is 0 Å². The van der Waals surface area contributed by atoms with Crippen molar-refractivity contribution in [2.24, 2.45) is 5.73 Å². The zero-order valence-corrected chi connectivity index (χ0v) is 11.8. The zero-order valence-electron chi connectivity index (χ0n) is 10.2. The van der Waals surface area contributed by atoms with Crippen molar-refractivity contribution in [3.8, 4) is 0 Å². The van der Waals surface area contributed by atoms with Crippen LogP contribution in [0.25, 0.3) is 0 Å². The third kappa shape index (κ3) is 3.12. The number of benzene rings is 2. The Kier molecular flexibility index (Phi) is 4.32. The molecule has 102 valence electrons. The molecule has 0 aliphatic carbocycles. The minimum atomic E-state index is -0.577. The molecule has 0 heterocycles. The van der Waals surface area contributed by atoms with Gasteiger partial charge in [-0.2, -0.15) is 0 Å². The van der Waals surface area contributed by atoms with Gasteiger partial charge in [0.25, 0.3) is 5.91 Å². The Hall–Kier alpha value is -1.98. The monoisotopic (exact) mass is 308 g/mol. The molecule has 0 atom stereocenters. The van der Waals surface area contributed by atoms with Crippen LogP contribution in [0.15, 0.2) is 42.5 Å². The first-order valence-corrected chi connectivity index (χ1v) is 6.43. The molecule has 3 nitrogen and oxygen atoms in total. The molecule has 0 spiro atoms. The first-order valence-electron chi connectivity index (χ1n) is 5.64. The second-order valence-electron chi connectivity index (χ2n) is 3.99. The minimum Gasteiger partial charge on any atom is -0.389 e. The fourth-order valence-corrected chi connectivity index (χ4v) is 2.01. The van der Waals surface area contributed by atoms with Gasteiger partial charge in [0.05, 0.1) is 11.3 Å². The summed E-state index contributed by atoms with van der Waals surface area (Å²) in [5.41, 5.74) is 6.12. The van der Waals surface area contributed by atoms with Gasteiger partial charge in [0, 0.05) is 10.6 Å². The maximum absolute atomic E-state index is 13.7. The quantitative estimate of drug-likeness (QED) is 0.855. The molecule has 0 aliphatic heterocycles. The van der Waals surface area contributed by atoms with Crippen LogP contribution >= 0.6 is 23.8 Å². The summed E-state index contributed by atoms with van der Waals surface area (Å²) in [4.78, 5) is 11.9. The predicted molar refractivity (Wildman–Crippen MR) is 81.7 cm³/mol. The fourth-order valence-electron chi connectivity index (χ4n) is 1.67. The van der Waals surface area contributed by atoms with E-state index in [0.29, 0.717) is 10.6 Å². The highest BCUT2D eigenvalue weighted by Gasteiger charge is 2.14. The number of nitrogens with two attached hydrogens (primary N) is 1. The molecular weight excluding hydrogens is 299 g/mol. The highest BCUT2D eigenvalue weighted by molar-refractivity contribution is 7.80. The summed E-state index contributed by atoms with van der Waals surface area (Å²) >= 11 is 10.5. The van der Waals surface area contributed by atoms with Crippen LogP contribution < -0.4 is 11.1 Å². The third-order valence-corrected chi connectivity index (χ3v) is 3.07. The first kappa shape index (κ1) is 14.4. The van der Waals surface area contributed by atoms with Crippen molar-refractivity contribution in [1.29, 1.82) is 0 Å². The van der Waals surface area contributed by atoms with Crippen molar-refractivity contribution in [3.05, 3.63) is 64.4 Å². The van der Waals surface area contributed by atoms with Gasteiger partial charge >= 0.3 is 0 Å². The van der Waals surface area contributed by atoms with Crippen LogP contribution in [0.5, 0.6) is 0 Å². The summed E-state index contributed by atoms with van der Waals surface area (Å²) in [5.74, 6) is -0.976. The van der Waals surface area contributed by atoms with Crippen molar-refractivity contribution < 1.29 is 9.18 Å². The Balaban J connectivity index is 2.30.